The van der Waals surface area contributed by atoms with E-state index in [1.54, 1.807) is 0 Å². The topological polar surface area (TPSA) is 35.3 Å². The zero-order valence-electron chi connectivity index (χ0n) is 56.9. The van der Waals surface area contributed by atoms with E-state index in [-0.39, 0.29) is 23.1 Å². The summed E-state index contributed by atoms with van der Waals surface area (Å²) in [5.41, 5.74) is 12.2. The molecule has 0 amide bonds. The van der Waals surface area contributed by atoms with Gasteiger partial charge in [-0.3, -0.25) is 13.5 Å². The Morgan fingerprint density at radius 3 is 1.47 bits per heavy atom. The molecule has 1 aliphatic heterocycles. The van der Waals surface area contributed by atoms with Crippen LogP contribution in [-0.2, 0) is 5.41 Å². The second-order valence-electron chi connectivity index (χ2n) is 25.5. The normalized spacial score (nSPS) is 12.9. The van der Waals surface area contributed by atoms with Crippen molar-refractivity contribution in [2.75, 3.05) is 0 Å². The number of fused-ring (bicyclic) bond motifs is 17. The first-order valence-electron chi connectivity index (χ1n) is 34.5. The molecule has 0 unspecified atom stereocenters. The molecule has 0 atom stereocenters. The quantitative estimate of drug-likeness (QED) is 0.0658. The Hall–Kier alpha value is -11.7. The van der Waals surface area contributed by atoms with Crippen LogP contribution >= 0.6 is 0 Å². The van der Waals surface area contributed by atoms with Crippen molar-refractivity contribution in [3.63, 3.8) is 0 Å². The molecule has 0 saturated heterocycles. The lowest BCUT2D eigenvalue weighted by Gasteiger charge is -2.36. The zero-order chi connectivity index (χ0) is 67.0. The fourth-order valence-corrected chi connectivity index (χ4v) is 19.9. The Morgan fingerprint density at radius 2 is 0.872 bits per heavy atom. The Kier molecular flexibility index (Phi) is 11.6. The van der Waals surface area contributed by atoms with Crippen LogP contribution in [0.1, 0.15) is 33.2 Å². The van der Waals surface area contributed by atoms with Crippen LogP contribution in [0.2, 0.25) is 0 Å². The van der Waals surface area contributed by atoms with E-state index in [2.05, 4.69) is 320 Å². The predicted octanol–water partition coefficient (Wildman–Crippen LogP) is 19.1. The van der Waals surface area contributed by atoms with Crippen molar-refractivity contribution in [2.45, 2.75) is 26.2 Å². The zero-order valence-corrected chi connectivity index (χ0v) is 52.9. The number of ether oxygens (including phenoxy) is 1. The molecule has 18 rings (SSSR count). The molecule has 0 N–H and O–H groups in total. The van der Waals surface area contributed by atoms with Crippen molar-refractivity contribution in [1.82, 2.24) is 14.0 Å². The summed E-state index contributed by atoms with van der Waals surface area (Å²) in [6, 6.07) is 99.0. The fraction of sp³-hybridized carbons (Fsp3) is 0.0455. The average Bonchev–Trinajstić information content (AvgIpc) is 1.65. The number of hydrogen-bond donors (Lipinski definition) is 0. The van der Waals surface area contributed by atoms with E-state index < -0.39 is 26.2 Å². The second kappa shape index (κ2) is 21.7. The standard InChI is InChI=1S/C88H62N4OSi/c1-88(2,3)59-50-51-89-84(52-59)92-81-43-25-24-42-74(81)76-47-45-61(54-83(76)92)93-60-44-46-75-70-38-20-16-34-66(70)67-35-17-21-39-71(67)77-48-49-78-72-40-22-18-36-68(72)69-37-19-23-41-73(69)80-56-65(94(62-28-10-5-11-29-62,63-30-12-6-13-31-63)64-32-14-7-15-33-64)55-79(58-26-8-4-9-27-58)85(80)91-57-90(82(75)53-60)86(77)87(78)91/h4-56H,1-3H3/i4D,8D,9D,26D,27D. The van der Waals surface area contributed by atoms with Gasteiger partial charge >= 0.3 is 0 Å². The van der Waals surface area contributed by atoms with Gasteiger partial charge in [-0.2, -0.15) is 0 Å². The molecule has 13 aromatic carbocycles. The molecule has 0 aliphatic carbocycles. The Labute approximate surface area is 553 Å². The van der Waals surface area contributed by atoms with Crippen molar-refractivity contribution >= 4 is 99.5 Å². The van der Waals surface area contributed by atoms with Gasteiger partial charge in [0.25, 0.3) is 6.33 Å². The van der Waals surface area contributed by atoms with Gasteiger partial charge in [0, 0.05) is 23.0 Å². The molecule has 4 aromatic heterocycles. The summed E-state index contributed by atoms with van der Waals surface area (Å²) in [5, 5.41) is 12.5. The van der Waals surface area contributed by atoms with Crippen LogP contribution in [0, 0.1) is 6.33 Å². The largest absolute Gasteiger partial charge is 0.458 e. The first kappa shape index (κ1) is 50.0. The van der Waals surface area contributed by atoms with Crippen LogP contribution in [0.25, 0.3) is 127 Å². The van der Waals surface area contributed by atoms with Crippen molar-refractivity contribution in [2.24, 2.45) is 0 Å². The van der Waals surface area contributed by atoms with Gasteiger partial charge in [-0.1, -0.05) is 288 Å². The van der Waals surface area contributed by atoms with Gasteiger partial charge in [-0.05, 0) is 151 Å². The van der Waals surface area contributed by atoms with Gasteiger partial charge in [-0.15, -0.1) is 0 Å². The van der Waals surface area contributed by atoms with Gasteiger partial charge in [0.15, 0.2) is 8.07 Å². The molecule has 17 aromatic rings. The minimum absolute atomic E-state index is 0.0788. The molecule has 0 bridgehead atoms. The predicted molar refractivity (Wildman–Crippen MR) is 393 cm³/mol. The third-order valence-corrected chi connectivity index (χ3v) is 24.1. The molecular formula is C88H62N4OSi. The Morgan fingerprint density at radius 1 is 0.404 bits per heavy atom. The highest BCUT2D eigenvalue weighted by atomic mass is 28.3. The lowest BCUT2D eigenvalue weighted by molar-refractivity contribution is -0.570. The summed E-state index contributed by atoms with van der Waals surface area (Å²) in [4.78, 5) is 4.99. The summed E-state index contributed by atoms with van der Waals surface area (Å²) >= 11 is 0. The van der Waals surface area contributed by atoms with E-state index in [0.717, 1.165) is 131 Å². The maximum absolute atomic E-state index is 10.2. The molecule has 1 aliphatic rings. The Bertz CT molecular complexity index is 6140. The van der Waals surface area contributed by atoms with E-state index in [0.29, 0.717) is 22.7 Å². The third kappa shape index (κ3) is 8.60. The fourth-order valence-electron chi connectivity index (χ4n) is 15.1. The van der Waals surface area contributed by atoms with E-state index in [1.807, 2.05) is 12.3 Å². The second-order valence-corrected chi connectivity index (χ2v) is 29.4. The maximum atomic E-state index is 10.2. The highest BCUT2D eigenvalue weighted by Gasteiger charge is 2.43. The molecule has 6 heteroatoms. The van der Waals surface area contributed by atoms with Crippen LogP contribution in [-0.4, -0.2) is 22.0 Å². The van der Waals surface area contributed by atoms with Crippen LogP contribution in [0.15, 0.2) is 322 Å². The first-order valence-corrected chi connectivity index (χ1v) is 34.0. The number of hydrogen-bond acceptors (Lipinski definition) is 2. The highest BCUT2D eigenvalue weighted by molar-refractivity contribution is 7.20. The monoisotopic (exact) mass is 1220 g/mol. The molecule has 5 nitrogen and oxygen atoms in total. The molecule has 444 valence electrons. The summed E-state index contributed by atoms with van der Waals surface area (Å²) < 4.78 is 62.3. The smallest absolute Gasteiger partial charge is 0.269 e. The first-order chi connectivity index (χ1) is 48.3. The van der Waals surface area contributed by atoms with Crippen molar-refractivity contribution in [3.05, 3.63) is 333 Å². The van der Waals surface area contributed by atoms with Crippen molar-refractivity contribution in [3.8, 4) is 67.5 Å². The lowest BCUT2D eigenvalue weighted by atomic mass is 9.88. The number of pyridine rings is 1. The van der Waals surface area contributed by atoms with E-state index in [4.69, 9.17) is 11.1 Å². The van der Waals surface area contributed by atoms with Crippen LogP contribution < -0.4 is 30.1 Å². The van der Waals surface area contributed by atoms with Crippen LogP contribution in [0.5, 0.6) is 11.5 Å². The number of rotatable bonds is 8. The van der Waals surface area contributed by atoms with E-state index in [9.17, 15) is 5.48 Å². The molecule has 0 fully saturated rings. The number of benzene rings is 13. The van der Waals surface area contributed by atoms with Crippen LogP contribution in [0.3, 0.4) is 0 Å². The minimum Gasteiger partial charge on any atom is -0.458 e. The minimum atomic E-state index is -3.49. The van der Waals surface area contributed by atoms with Gasteiger partial charge in [0.1, 0.15) is 17.3 Å². The summed E-state index contributed by atoms with van der Waals surface area (Å²) in [6.07, 6.45) is 6.04. The van der Waals surface area contributed by atoms with Gasteiger partial charge in [0.2, 0.25) is 0 Å². The maximum Gasteiger partial charge on any atom is 0.269 e. The number of imidazole rings is 1. The van der Waals surface area contributed by atoms with Crippen molar-refractivity contribution < 1.29 is 16.2 Å². The van der Waals surface area contributed by atoms with E-state index in [1.165, 1.54) is 5.56 Å². The summed E-state index contributed by atoms with van der Waals surface area (Å²) in [7, 11) is -3.49. The number of nitrogens with zero attached hydrogens (tertiary/aromatic N) is 4. The SMILES string of the molecule is [2H]c1c([2H])c([2H])c(-c2cc([Si](c3ccccc3)(c3ccccc3)c3ccccc3)cc3c2-[n+]2[c-]n4c5cc(Oc6ccc7c8ccccc8n(-c8cc(C(C)(C)C)ccn8)c7c6)ccc5c5ccccc5c5ccccc5c5ccc(c2c54)-c2ccccc2-c2ccccc2-3)c([2H])c1[2H]. The molecule has 0 saturated carbocycles. The van der Waals surface area contributed by atoms with Gasteiger partial charge in [0.05, 0.1) is 40.1 Å². The molecule has 0 radical (unpaired) electrons. The molecule has 0 spiro atoms. The lowest BCUT2D eigenvalue weighted by Crippen LogP contribution is -2.74. The third-order valence-electron chi connectivity index (χ3n) is 19.3. The van der Waals surface area contributed by atoms with Gasteiger partial charge < -0.3 is 4.74 Å². The van der Waals surface area contributed by atoms with E-state index >= 15 is 0 Å². The highest BCUT2D eigenvalue weighted by Crippen LogP contribution is 2.47. The van der Waals surface area contributed by atoms with Gasteiger partial charge in [-0.25, -0.2) is 4.98 Å². The number of aromatic nitrogens is 4. The summed E-state index contributed by atoms with van der Waals surface area (Å²) in [5.74, 6) is 2.05. The molecule has 94 heavy (non-hydrogen) atoms. The average molecular weight is 1220 g/mol. The van der Waals surface area contributed by atoms with Crippen LogP contribution in [0.4, 0.5) is 0 Å². The van der Waals surface area contributed by atoms with Crippen molar-refractivity contribution in [1.29, 1.82) is 0 Å². The summed E-state index contributed by atoms with van der Waals surface area (Å²) in [6.45, 7) is 6.67. The molecule has 5 heterocycles. The molecular weight excluding hydrogens is 1160 g/mol. The number of para-hydroxylation sites is 1. The Balaban J connectivity index is 1.02.